The van der Waals surface area contributed by atoms with E-state index in [4.69, 9.17) is 4.74 Å². The van der Waals surface area contributed by atoms with Gasteiger partial charge in [0.05, 0.1) is 36.3 Å². The summed E-state index contributed by atoms with van der Waals surface area (Å²) in [4.78, 5) is 31.6. The summed E-state index contributed by atoms with van der Waals surface area (Å²) in [6.07, 6.45) is 1.26. The molecular weight excluding hydrogens is 441 g/mol. The number of carbonyl (C=O) groups excluding carboxylic acids is 2. The maximum atomic E-state index is 14.4. The van der Waals surface area contributed by atoms with Crippen LogP contribution in [0.15, 0.2) is 30.6 Å². The van der Waals surface area contributed by atoms with Crippen molar-refractivity contribution in [3.63, 3.8) is 0 Å². The van der Waals surface area contributed by atoms with Gasteiger partial charge >= 0.3 is 0 Å². The molecule has 0 saturated carbocycles. The van der Waals surface area contributed by atoms with Gasteiger partial charge in [0, 0.05) is 12.1 Å². The Hall–Kier alpha value is -3.53. The number of imidazole rings is 1. The van der Waals surface area contributed by atoms with Gasteiger partial charge < -0.3 is 20.1 Å². The van der Waals surface area contributed by atoms with E-state index in [9.17, 15) is 19.1 Å². The smallest absolute Gasteiger partial charge is 0.276 e. The van der Waals surface area contributed by atoms with Crippen molar-refractivity contribution in [1.82, 2.24) is 19.5 Å². The molecule has 4 rings (SSSR count). The van der Waals surface area contributed by atoms with Gasteiger partial charge in [0.25, 0.3) is 11.8 Å². The molecule has 1 aromatic carbocycles. The zero-order chi connectivity index (χ0) is 24.8. The molecular formula is C24H28FN5O4. The second kappa shape index (κ2) is 8.68. The van der Waals surface area contributed by atoms with Crippen molar-refractivity contribution in [3.05, 3.63) is 53.0 Å². The van der Waals surface area contributed by atoms with E-state index in [0.717, 1.165) is 5.56 Å². The van der Waals surface area contributed by atoms with Crippen LogP contribution in [0.25, 0.3) is 5.65 Å². The fourth-order valence-electron chi connectivity index (χ4n) is 3.73. The van der Waals surface area contributed by atoms with E-state index < -0.39 is 17.7 Å². The van der Waals surface area contributed by atoms with Crippen molar-refractivity contribution in [3.8, 4) is 5.75 Å². The monoisotopic (exact) mass is 469 g/mol. The van der Waals surface area contributed by atoms with Crippen molar-refractivity contribution in [2.24, 2.45) is 0 Å². The van der Waals surface area contributed by atoms with E-state index in [1.165, 1.54) is 29.5 Å². The van der Waals surface area contributed by atoms with Crippen LogP contribution in [0.3, 0.4) is 0 Å². The molecule has 3 heterocycles. The molecule has 2 amide bonds. The first-order valence-corrected chi connectivity index (χ1v) is 11.0. The second-order valence-corrected chi connectivity index (χ2v) is 9.38. The standard InChI is InChI=1S/C24H28FN5O4/c1-13(2)34-19-8-16-15(11-29(23(16)32)12-20(25)24(4,5)33)7-17(19)28-22(31)18-10-26-21-6-14(3)9-27-30(18)21/h6-10,13,20,33H,11-12H2,1-5H3,(H,28,31). The molecule has 1 aliphatic rings. The van der Waals surface area contributed by atoms with Crippen LogP contribution in [0.5, 0.6) is 5.75 Å². The van der Waals surface area contributed by atoms with Crippen LogP contribution in [0, 0.1) is 6.92 Å². The Kier molecular flexibility index (Phi) is 6.03. The number of amides is 2. The molecule has 180 valence electrons. The zero-order valence-corrected chi connectivity index (χ0v) is 19.8. The molecule has 0 aliphatic carbocycles. The third-order valence-electron chi connectivity index (χ3n) is 5.57. The van der Waals surface area contributed by atoms with E-state index >= 15 is 0 Å². The SMILES string of the molecule is Cc1cnn2c(C(=O)Nc3cc4c(cc3OC(C)C)C(=O)N(CC(F)C(C)(C)O)C4)cnc2c1. The summed E-state index contributed by atoms with van der Waals surface area (Å²) in [5.41, 5.74) is 1.54. The summed E-state index contributed by atoms with van der Waals surface area (Å²) in [7, 11) is 0. The minimum absolute atomic E-state index is 0.159. The lowest BCUT2D eigenvalue weighted by Gasteiger charge is -2.26. The fourth-order valence-corrected chi connectivity index (χ4v) is 3.73. The topological polar surface area (TPSA) is 109 Å². The first kappa shape index (κ1) is 23.6. The lowest BCUT2D eigenvalue weighted by molar-refractivity contribution is -0.0159. The summed E-state index contributed by atoms with van der Waals surface area (Å²) in [6.45, 7) is 8.20. The van der Waals surface area contributed by atoms with Crippen LogP contribution in [-0.2, 0) is 6.54 Å². The maximum absolute atomic E-state index is 14.4. The van der Waals surface area contributed by atoms with E-state index in [2.05, 4.69) is 15.4 Å². The number of ether oxygens (including phenoxy) is 1. The first-order valence-electron chi connectivity index (χ1n) is 11.0. The average Bonchev–Trinajstić information content (AvgIpc) is 3.28. The number of benzene rings is 1. The highest BCUT2D eigenvalue weighted by atomic mass is 19.1. The van der Waals surface area contributed by atoms with Gasteiger partial charge in [-0.2, -0.15) is 5.10 Å². The van der Waals surface area contributed by atoms with Crippen molar-refractivity contribution >= 4 is 23.1 Å². The molecule has 3 aromatic rings. The van der Waals surface area contributed by atoms with Crippen LogP contribution in [0.4, 0.5) is 10.1 Å². The minimum atomic E-state index is -1.61. The van der Waals surface area contributed by atoms with E-state index in [1.807, 2.05) is 26.8 Å². The molecule has 2 N–H and O–H groups in total. The molecule has 34 heavy (non-hydrogen) atoms. The Morgan fingerprint density at radius 1 is 1.29 bits per heavy atom. The lowest BCUT2D eigenvalue weighted by atomic mass is 10.0. The molecule has 0 fully saturated rings. The van der Waals surface area contributed by atoms with Gasteiger partial charge in [-0.25, -0.2) is 13.9 Å². The predicted octanol–water partition coefficient (Wildman–Crippen LogP) is 3.14. The van der Waals surface area contributed by atoms with Crippen molar-refractivity contribution < 1.29 is 23.8 Å². The summed E-state index contributed by atoms with van der Waals surface area (Å²) >= 11 is 0. The number of nitrogens with one attached hydrogen (secondary N) is 1. The highest BCUT2D eigenvalue weighted by Gasteiger charge is 2.35. The molecule has 0 radical (unpaired) electrons. The molecule has 9 nitrogen and oxygen atoms in total. The number of alkyl halides is 1. The molecule has 1 aliphatic heterocycles. The highest BCUT2D eigenvalue weighted by molar-refractivity contribution is 6.05. The number of fused-ring (bicyclic) bond motifs is 2. The number of hydrogen-bond acceptors (Lipinski definition) is 6. The fraction of sp³-hybridized carbons (Fsp3) is 0.417. The Morgan fingerprint density at radius 3 is 2.71 bits per heavy atom. The number of anilines is 1. The van der Waals surface area contributed by atoms with Crippen LogP contribution < -0.4 is 10.1 Å². The van der Waals surface area contributed by atoms with Crippen LogP contribution in [-0.4, -0.2) is 60.8 Å². The summed E-state index contributed by atoms with van der Waals surface area (Å²) in [5, 5.41) is 17.0. The molecule has 10 heteroatoms. The molecule has 2 aromatic heterocycles. The largest absolute Gasteiger partial charge is 0.489 e. The normalized spacial score (nSPS) is 14.6. The summed E-state index contributed by atoms with van der Waals surface area (Å²) < 4.78 is 21.8. The van der Waals surface area contributed by atoms with Crippen LogP contribution >= 0.6 is 0 Å². The lowest BCUT2D eigenvalue weighted by Crippen LogP contribution is -2.42. The number of aliphatic hydroxyl groups is 1. The van der Waals surface area contributed by atoms with Gasteiger partial charge in [-0.3, -0.25) is 9.59 Å². The van der Waals surface area contributed by atoms with Gasteiger partial charge in [-0.1, -0.05) is 0 Å². The quantitative estimate of drug-likeness (QED) is 0.550. The van der Waals surface area contributed by atoms with Gasteiger partial charge in [-0.15, -0.1) is 0 Å². The summed E-state index contributed by atoms with van der Waals surface area (Å²) in [6, 6.07) is 5.06. The number of carbonyl (C=O) groups is 2. The average molecular weight is 470 g/mol. The van der Waals surface area contributed by atoms with Crippen LogP contribution in [0.1, 0.15) is 59.7 Å². The van der Waals surface area contributed by atoms with Crippen molar-refractivity contribution in [2.75, 3.05) is 11.9 Å². The van der Waals surface area contributed by atoms with Gasteiger partial charge in [0.15, 0.2) is 11.3 Å². The highest BCUT2D eigenvalue weighted by Crippen LogP contribution is 2.35. The molecule has 1 unspecified atom stereocenters. The maximum Gasteiger partial charge on any atom is 0.276 e. The van der Waals surface area contributed by atoms with E-state index in [0.29, 0.717) is 28.2 Å². The van der Waals surface area contributed by atoms with E-state index in [-0.39, 0.29) is 30.8 Å². The molecule has 0 saturated heterocycles. The molecule has 1 atom stereocenters. The summed E-state index contributed by atoms with van der Waals surface area (Å²) in [5.74, 6) is -0.464. The Labute approximate surface area is 196 Å². The third-order valence-corrected chi connectivity index (χ3v) is 5.57. The van der Waals surface area contributed by atoms with Crippen molar-refractivity contribution in [2.45, 2.75) is 59.0 Å². The Morgan fingerprint density at radius 2 is 2.03 bits per heavy atom. The number of nitrogens with zero attached hydrogens (tertiary/aromatic N) is 4. The van der Waals surface area contributed by atoms with Gasteiger partial charge in [-0.05, 0) is 63.9 Å². The number of rotatable bonds is 7. The number of halogens is 1. The number of aromatic nitrogens is 3. The number of hydrogen-bond donors (Lipinski definition) is 2. The van der Waals surface area contributed by atoms with Gasteiger partial charge in [0.2, 0.25) is 0 Å². The van der Waals surface area contributed by atoms with Gasteiger partial charge in [0.1, 0.15) is 11.9 Å². The number of aryl methyl sites for hydroxylation is 1. The predicted molar refractivity (Wildman–Crippen MR) is 124 cm³/mol. The van der Waals surface area contributed by atoms with Crippen molar-refractivity contribution in [1.29, 1.82) is 0 Å². The van der Waals surface area contributed by atoms with Crippen LogP contribution in [0.2, 0.25) is 0 Å². The Balaban J connectivity index is 1.64. The zero-order valence-electron chi connectivity index (χ0n) is 19.8. The molecule has 0 bridgehead atoms. The Bertz CT molecular complexity index is 1260. The third kappa shape index (κ3) is 4.58. The first-order chi connectivity index (χ1) is 15.9. The van der Waals surface area contributed by atoms with E-state index in [1.54, 1.807) is 18.3 Å². The molecule has 0 spiro atoms. The minimum Gasteiger partial charge on any atom is -0.489 e. The second-order valence-electron chi connectivity index (χ2n) is 9.38.